The van der Waals surface area contributed by atoms with Crippen LogP contribution in [-0.4, -0.2) is 22.2 Å². The zero-order chi connectivity index (χ0) is 8.97. The lowest BCUT2D eigenvalue weighted by Crippen LogP contribution is -2.24. The minimum absolute atomic E-state index is 0.0340. The van der Waals surface area contributed by atoms with Gasteiger partial charge in [-0.25, -0.2) is 0 Å². The first-order valence-corrected chi connectivity index (χ1v) is 3.98. The van der Waals surface area contributed by atoms with Crippen LogP contribution < -0.4 is 5.32 Å². The molecule has 1 aromatic rings. The Kier molecular flexibility index (Phi) is 3.10. The number of carbonyl (C=O) groups excluding carboxylic acids is 1. The fraction of sp³-hybridized carbons (Fsp3) is 0.429. The Morgan fingerprint density at radius 1 is 1.83 bits per heavy atom. The molecule has 0 spiro atoms. The van der Waals surface area contributed by atoms with Crippen LogP contribution in [0.2, 0.25) is 5.02 Å². The first-order valence-electron chi connectivity index (χ1n) is 3.61. The fourth-order valence-electron chi connectivity index (χ4n) is 0.807. The van der Waals surface area contributed by atoms with E-state index < -0.39 is 0 Å². The lowest BCUT2D eigenvalue weighted by Gasteiger charge is -2.00. The number of nitrogens with one attached hydrogen (secondary N) is 1. The minimum atomic E-state index is -0.0340. The molecule has 1 heterocycles. The van der Waals surface area contributed by atoms with Crippen molar-refractivity contribution >= 4 is 17.5 Å². The van der Waals surface area contributed by atoms with Crippen molar-refractivity contribution in [3.8, 4) is 0 Å². The van der Waals surface area contributed by atoms with Crippen LogP contribution >= 0.6 is 11.6 Å². The van der Waals surface area contributed by atoms with Crippen LogP contribution in [0.1, 0.15) is 6.92 Å². The van der Waals surface area contributed by atoms with Gasteiger partial charge in [0.1, 0.15) is 0 Å². The van der Waals surface area contributed by atoms with E-state index in [9.17, 15) is 4.79 Å². The summed E-state index contributed by atoms with van der Waals surface area (Å²) in [6, 6.07) is 0. The van der Waals surface area contributed by atoms with E-state index in [4.69, 9.17) is 11.6 Å². The van der Waals surface area contributed by atoms with E-state index in [1.807, 2.05) is 0 Å². The van der Waals surface area contributed by atoms with Gasteiger partial charge in [0.15, 0.2) is 0 Å². The average Bonchev–Trinajstić information content (AvgIpc) is 2.35. The van der Waals surface area contributed by atoms with E-state index in [1.54, 1.807) is 17.1 Å². The summed E-state index contributed by atoms with van der Waals surface area (Å²) in [6.07, 6.45) is 3.28. The van der Waals surface area contributed by atoms with Gasteiger partial charge in [-0.05, 0) is 0 Å². The van der Waals surface area contributed by atoms with Crippen molar-refractivity contribution in [2.75, 3.05) is 6.54 Å². The summed E-state index contributed by atoms with van der Waals surface area (Å²) in [4.78, 5) is 10.5. The average molecular weight is 188 g/mol. The van der Waals surface area contributed by atoms with E-state index in [2.05, 4.69) is 10.4 Å². The number of rotatable bonds is 3. The molecule has 66 valence electrons. The molecule has 0 aliphatic carbocycles. The predicted octanol–water partition coefficient (Wildman–Crippen LogP) is 0.673. The summed E-state index contributed by atoms with van der Waals surface area (Å²) in [7, 11) is 0. The van der Waals surface area contributed by atoms with Crippen molar-refractivity contribution in [2.45, 2.75) is 13.5 Å². The molecule has 1 N–H and O–H groups in total. The van der Waals surface area contributed by atoms with Crippen molar-refractivity contribution < 1.29 is 4.79 Å². The Hall–Kier alpha value is -1.03. The molecule has 12 heavy (non-hydrogen) atoms. The highest BCUT2D eigenvalue weighted by Crippen LogP contribution is 2.03. The SMILES string of the molecule is CC(=O)NCCn1cc(Cl)cn1. The summed E-state index contributed by atoms with van der Waals surface area (Å²) in [5, 5.41) is 7.22. The van der Waals surface area contributed by atoms with E-state index in [-0.39, 0.29) is 5.91 Å². The Labute approximate surface area is 75.5 Å². The maximum Gasteiger partial charge on any atom is 0.216 e. The van der Waals surface area contributed by atoms with Crippen LogP contribution in [0.4, 0.5) is 0 Å². The highest BCUT2D eigenvalue weighted by Gasteiger charge is 1.95. The van der Waals surface area contributed by atoms with Gasteiger partial charge in [-0.2, -0.15) is 5.10 Å². The van der Waals surface area contributed by atoms with Crippen molar-refractivity contribution in [1.82, 2.24) is 15.1 Å². The fourth-order valence-corrected chi connectivity index (χ4v) is 0.963. The second-order valence-corrected chi connectivity index (χ2v) is 2.84. The van der Waals surface area contributed by atoms with Crippen molar-refractivity contribution in [2.24, 2.45) is 0 Å². The van der Waals surface area contributed by atoms with Gasteiger partial charge in [0.2, 0.25) is 5.91 Å². The third kappa shape index (κ3) is 2.92. The first kappa shape index (κ1) is 9.06. The van der Waals surface area contributed by atoms with Crippen molar-refractivity contribution in [3.05, 3.63) is 17.4 Å². The van der Waals surface area contributed by atoms with Crippen LogP contribution in [0.15, 0.2) is 12.4 Å². The molecule has 0 unspecified atom stereocenters. The van der Waals surface area contributed by atoms with Crippen LogP contribution in [0.5, 0.6) is 0 Å². The van der Waals surface area contributed by atoms with E-state index in [0.717, 1.165) is 0 Å². The molecule has 0 bridgehead atoms. The standard InChI is InChI=1S/C7H10ClN3O/c1-6(12)9-2-3-11-5-7(8)4-10-11/h4-5H,2-3H2,1H3,(H,9,12). The van der Waals surface area contributed by atoms with E-state index >= 15 is 0 Å². The number of amides is 1. The van der Waals surface area contributed by atoms with Gasteiger partial charge in [0.05, 0.1) is 17.8 Å². The molecular weight excluding hydrogens is 178 g/mol. The normalized spacial score (nSPS) is 9.83. The highest BCUT2D eigenvalue weighted by atomic mass is 35.5. The number of hydrogen-bond donors (Lipinski definition) is 1. The van der Waals surface area contributed by atoms with Crippen LogP contribution in [-0.2, 0) is 11.3 Å². The van der Waals surface area contributed by atoms with Gasteiger partial charge < -0.3 is 5.32 Å². The number of nitrogens with zero attached hydrogens (tertiary/aromatic N) is 2. The van der Waals surface area contributed by atoms with Gasteiger partial charge in [-0.15, -0.1) is 0 Å². The smallest absolute Gasteiger partial charge is 0.216 e. The molecule has 0 saturated carbocycles. The Morgan fingerprint density at radius 3 is 3.08 bits per heavy atom. The molecule has 0 atom stereocenters. The zero-order valence-corrected chi connectivity index (χ0v) is 7.51. The Morgan fingerprint density at radius 2 is 2.58 bits per heavy atom. The Bertz CT molecular complexity index is 271. The molecule has 1 aromatic heterocycles. The van der Waals surface area contributed by atoms with E-state index in [0.29, 0.717) is 18.1 Å². The van der Waals surface area contributed by atoms with Gasteiger partial charge in [-0.3, -0.25) is 9.48 Å². The molecule has 0 saturated heterocycles. The summed E-state index contributed by atoms with van der Waals surface area (Å²) in [5.74, 6) is -0.0340. The molecule has 0 fully saturated rings. The number of carbonyl (C=O) groups is 1. The van der Waals surface area contributed by atoms with Crippen molar-refractivity contribution in [3.63, 3.8) is 0 Å². The molecule has 1 rings (SSSR count). The number of hydrogen-bond acceptors (Lipinski definition) is 2. The zero-order valence-electron chi connectivity index (χ0n) is 6.75. The quantitative estimate of drug-likeness (QED) is 0.756. The molecular formula is C7H10ClN3O. The maximum absolute atomic E-state index is 10.5. The topological polar surface area (TPSA) is 46.9 Å². The van der Waals surface area contributed by atoms with Gasteiger partial charge in [-0.1, -0.05) is 11.6 Å². The molecule has 5 heteroatoms. The van der Waals surface area contributed by atoms with Gasteiger partial charge >= 0.3 is 0 Å². The summed E-state index contributed by atoms with van der Waals surface area (Å²) >= 11 is 5.63. The number of halogens is 1. The third-order valence-electron chi connectivity index (χ3n) is 1.32. The molecule has 1 amide bonds. The molecule has 0 aliphatic heterocycles. The molecule has 0 radical (unpaired) electrons. The third-order valence-corrected chi connectivity index (χ3v) is 1.51. The largest absolute Gasteiger partial charge is 0.354 e. The predicted molar refractivity (Wildman–Crippen MR) is 45.9 cm³/mol. The summed E-state index contributed by atoms with van der Waals surface area (Å²) < 4.78 is 1.68. The Balaban J connectivity index is 2.29. The summed E-state index contributed by atoms with van der Waals surface area (Å²) in [5.41, 5.74) is 0. The lowest BCUT2D eigenvalue weighted by molar-refractivity contribution is -0.118. The number of aromatic nitrogens is 2. The monoisotopic (exact) mass is 187 g/mol. The lowest BCUT2D eigenvalue weighted by atomic mass is 10.6. The molecule has 0 aliphatic rings. The van der Waals surface area contributed by atoms with Crippen LogP contribution in [0.25, 0.3) is 0 Å². The minimum Gasteiger partial charge on any atom is -0.354 e. The summed E-state index contributed by atoms with van der Waals surface area (Å²) in [6.45, 7) is 2.70. The van der Waals surface area contributed by atoms with Crippen molar-refractivity contribution in [1.29, 1.82) is 0 Å². The van der Waals surface area contributed by atoms with Gasteiger partial charge in [0.25, 0.3) is 0 Å². The van der Waals surface area contributed by atoms with E-state index in [1.165, 1.54) is 6.92 Å². The second-order valence-electron chi connectivity index (χ2n) is 2.40. The highest BCUT2D eigenvalue weighted by molar-refractivity contribution is 6.30. The molecule has 4 nitrogen and oxygen atoms in total. The maximum atomic E-state index is 10.5. The van der Waals surface area contributed by atoms with Crippen LogP contribution in [0, 0.1) is 0 Å². The second kappa shape index (κ2) is 4.11. The van der Waals surface area contributed by atoms with Crippen LogP contribution in [0.3, 0.4) is 0 Å². The van der Waals surface area contributed by atoms with Gasteiger partial charge in [0, 0.05) is 19.7 Å². The first-order chi connectivity index (χ1) is 5.68. The molecule has 0 aromatic carbocycles.